The van der Waals surface area contributed by atoms with Crippen molar-refractivity contribution in [1.29, 1.82) is 0 Å². The van der Waals surface area contributed by atoms with Gasteiger partial charge in [0.2, 0.25) is 0 Å². The summed E-state index contributed by atoms with van der Waals surface area (Å²) in [5.74, 6) is 1.48. The van der Waals surface area contributed by atoms with Gasteiger partial charge in [0.15, 0.2) is 0 Å². The molecule has 0 radical (unpaired) electrons. The van der Waals surface area contributed by atoms with Crippen LogP contribution in [0, 0.1) is 13.8 Å². The number of imidazole rings is 2. The van der Waals surface area contributed by atoms with E-state index in [1.165, 1.54) is 0 Å². The summed E-state index contributed by atoms with van der Waals surface area (Å²) in [6.45, 7) is 3.77. The van der Waals surface area contributed by atoms with Crippen LogP contribution in [0.2, 0.25) is 0 Å². The molecule has 0 saturated heterocycles. The van der Waals surface area contributed by atoms with Crippen LogP contribution in [0.15, 0.2) is 97.3 Å². The van der Waals surface area contributed by atoms with Gasteiger partial charge in [-0.1, -0.05) is 84.7 Å². The second kappa shape index (κ2) is 10.4. The number of aromatic nitrogens is 6. The van der Waals surface area contributed by atoms with Crippen LogP contribution in [0.25, 0.3) is 56.4 Å². The van der Waals surface area contributed by atoms with Gasteiger partial charge in [0.05, 0.1) is 22.8 Å². The Labute approximate surface area is 228 Å². The molecular formula is C30H22N6Zn. The van der Waals surface area contributed by atoms with E-state index in [0.717, 1.165) is 68.1 Å². The van der Waals surface area contributed by atoms with Gasteiger partial charge in [0, 0.05) is 11.1 Å². The SMILES string of the molecule is Cc1ncc(-c2cccc(-c3ccccc3-c3ccccc3-c3cccc(-c4cnc(C)[n-]4)n3)n2)[n-]1.[Zn+2]. The third kappa shape index (κ3) is 4.91. The summed E-state index contributed by atoms with van der Waals surface area (Å²) in [5.41, 5.74) is 9.16. The van der Waals surface area contributed by atoms with Crippen molar-refractivity contribution in [2.75, 3.05) is 0 Å². The molecule has 7 heteroatoms. The largest absolute Gasteiger partial charge is 2.00 e. The zero-order valence-electron chi connectivity index (χ0n) is 20.6. The Morgan fingerprint density at radius 1 is 0.459 bits per heavy atom. The van der Waals surface area contributed by atoms with Gasteiger partial charge in [-0.25, -0.2) is 9.97 Å². The molecule has 0 aliphatic heterocycles. The van der Waals surface area contributed by atoms with Crippen LogP contribution in [-0.4, -0.2) is 19.9 Å². The Balaban J connectivity index is 0.00000280. The van der Waals surface area contributed by atoms with Gasteiger partial charge >= 0.3 is 19.5 Å². The van der Waals surface area contributed by atoms with Crippen molar-refractivity contribution in [1.82, 2.24) is 29.9 Å². The Kier molecular flexibility index (Phi) is 6.89. The Hall–Kier alpha value is -4.22. The number of hydrogen-bond donors (Lipinski definition) is 0. The van der Waals surface area contributed by atoms with Crippen LogP contribution < -0.4 is 9.97 Å². The van der Waals surface area contributed by atoms with E-state index in [4.69, 9.17) is 9.97 Å². The Bertz CT molecular complexity index is 1560. The van der Waals surface area contributed by atoms with Crippen molar-refractivity contribution in [2.24, 2.45) is 0 Å². The Morgan fingerprint density at radius 2 is 0.838 bits per heavy atom. The first-order valence-electron chi connectivity index (χ1n) is 11.7. The molecule has 4 heterocycles. The van der Waals surface area contributed by atoms with E-state index in [-0.39, 0.29) is 19.5 Å². The minimum Gasteiger partial charge on any atom is -0.446 e. The maximum Gasteiger partial charge on any atom is 2.00 e. The number of hydrogen-bond acceptors (Lipinski definition) is 4. The van der Waals surface area contributed by atoms with E-state index in [2.05, 4.69) is 56.3 Å². The van der Waals surface area contributed by atoms with Gasteiger partial charge in [0.25, 0.3) is 0 Å². The molecule has 0 unspecified atom stereocenters. The Morgan fingerprint density at radius 3 is 1.22 bits per heavy atom. The topological polar surface area (TPSA) is 79.8 Å². The molecule has 0 aliphatic carbocycles. The molecule has 0 spiro atoms. The fourth-order valence-corrected chi connectivity index (χ4v) is 4.36. The minimum atomic E-state index is 0. The summed E-state index contributed by atoms with van der Waals surface area (Å²) in [4.78, 5) is 27.4. The molecule has 0 amide bonds. The van der Waals surface area contributed by atoms with Crippen molar-refractivity contribution >= 4 is 0 Å². The number of aryl methyl sites for hydroxylation is 2. The predicted octanol–water partition coefficient (Wildman–Crippen LogP) is 6.13. The van der Waals surface area contributed by atoms with Crippen LogP contribution in [-0.2, 0) is 19.5 Å². The maximum atomic E-state index is 4.94. The summed E-state index contributed by atoms with van der Waals surface area (Å²) < 4.78 is 0. The van der Waals surface area contributed by atoms with Gasteiger partial charge in [-0.3, -0.25) is 0 Å². The molecule has 6 rings (SSSR count). The number of benzene rings is 2. The molecule has 6 nitrogen and oxygen atoms in total. The molecule has 0 fully saturated rings. The second-order valence-corrected chi connectivity index (χ2v) is 8.51. The summed E-state index contributed by atoms with van der Waals surface area (Å²) >= 11 is 0. The van der Waals surface area contributed by atoms with Crippen molar-refractivity contribution in [3.8, 4) is 56.4 Å². The number of rotatable bonds is 5. The van der Waals surface area contributed by atoms with Crippen molar-refractivity contribution in [3.63, 3.8) is 0 Å². The molecule has 0 aliphatic rings. The molecule has 37 heavy (non-hydrogen) atoms. The van der Waals surface area contributed by atoms with Crippen LogP contribution in [0.3, 0.4) is 0 Å². The first kappa shape index (κ1) is 24.5. The van der Waals surface area contributed by atoms with Crippen LogP contribution in [0.5, 0.6) is 0 Å². The van der Waals surface area contributed by atoms with E-state index in [1.807, 2.05) is 62.4 Å². The average molecular weight is 532 g/mol. The molecule has 6 aromatic rings. The van der Waals surface area contributed by atoms with Gasteiger partial charge in [-0.05, 0) is 60.6 Å². The van der Waals surface area contributed by atoms with Crippen LogP contribution in [0.4, 0.5) is 0 Å². The van der Waals surface area contributed by atoms with E-state index >= 15 is 0 Å². The predicted molar refractivity (Wildman–Crippen MR) is 141 cm³/mol. The van der Waals surface area contributed by atoms with Gasteiger partial charge in [0.1, 0.15) is 0 Å². The summed E-state index contributed by atoms with van der Waals surface area (Å²) in [5, 5.41) is 0. The fourth-order valence-electron chi connectivity index (χ4n) is 4.36. The van der Waals surface area contributed by atoms with Crippen LogP contribution >= 0.6 is 0 Å². The van der Waals surface area contributed by atoms with Crippen LogP contribution in [0.1, 0.15) is 11.6 Å². The summed E-state index contributed by atoms with van der Waals surface area (Å²) in [6.07, 6.45) is 3.53. The standard InChI is InChI=1S/C30H22N6.Zn/c1-19-31-17-29(33-19)27-15-7-13-25(35-27)23-11-5-3-9-21(23)22-10-4-6-12-24(22)26-14-8-16-28(36-26)30-18-32-20(2)34-30;/h3-18H,1-2H3;/q-2;+2. The first-order valence-corrected chi connectivity index (χ1v) is 11.7. The molecule has 0 bridgehead atoms. The summed E-state index contributed by atoms with van der Waals surface area (Å²) in [7, 11) is 0. The minimum absolute atomic E-state index is 0. The number of pyridine rings is 2. The van der Waals surface area contributed by atoms with Crippen molar-refractivity contribution in [2.45, 2.75) is 13.8 Å². The average Bonchev–Trinajstić information content (AvgIpc) is 3.57. The molecule has 0 atom stereocenters. The van der Waals surface area contributed by atoms with E-state index in [9.17, 15) is 0 Å². The zero-order chi connectivity index (χ0) is 24.5. The van der Waals surface area contributed by atoms with E-state index in [1.54, 1.807) is 12.4 Å². The number of nitrogens with zero attached hydrogens (tertiary/aromatic N) is 6. The smallest absolute Gasteiger partial charge is 0.446 e. The van der Waals surface area contributed by atoms with Crippen molar-refractivity contribution in [3.05, 3.63) is 109 Å². The molecule has 0 saturated carbocycles. The third-order valence-electron chi connectivity index (χ3n) is 6.03. The fraction of sp³-hybridized carbons (Fsp3) is 0.0667. The zero-order valence-corrected chi connectivity index (χ0v) is 23.6. The normalized spacial score (nSPS) is 10.8. The quantitative estimate of drug-likeness (QED) is 0.249. The van der Waals surface area contributed by atoms with Gasteiger partial charge < -0.3 is 19.9 Å². The molecule has 2 aromatic carbocycles. The molecule has 174 valence electrons. The maximum absolute atomic E-state index is 4.94. The van der Waals surface area contributed by atoms with E-state index < -0.39 is 0 Å². The third-order valence-corrected chi connectivity index (χ3v) is 6.03. The van der Waals surface area contributed by atoms with E-state index in [0.29, 0.717) is 0 Å². The monoisotopic (exact) mass is 530 g/mol. The van der Waals surface area contributed by atoms with Gasteiger partial charge in [-0.2, -0.15) is 0 Å². The second-order valence-electron chi connectivity index (χ2n) is 8.51. The van der Waals surface area contributed by atoms with Crippen molar-refractivity contribution < 1.29 is 19.5 Å². The van der Waals surface area contributed by atoms with Gasteiger partial charge in [-0.15, -0.1) is 0 Å². The summed E-state index contributed by atoms with van der Waals surface area (Å²) in [6, 6.07) is 28.7. The first-order chi connectivity index (χ1) is 17.7. The molecule has 4 aromatic heterocycles. The molecular weight excluding hydrogens is 510 g/mol. The molecule has 0 N–H and O–H groups in total.